The minimum atomic E-state index is -2.37. The minimum Gasteiger partial charge on any atom is -0.407 e. The van der Waals surface area contributed by atoms with E-state index >= 15 is 0 Å². The molecule has 0 saturated heterocycles. The Labute approximate surface area is 162 Å². The first-order valence-electron chi connectivity index (χ1n) is 8.89. The highest BCUT2D eigenvalue weighted by molar-refractivity contribution is 9.09. The van der Waals surface area contributed by atoms with Gasteiger partial charge in [-0.15, -0.1) is 0 Å². The number of benzene rings is 2. The van der Waals surface area contributed by atoms with Crippen molar-refractivity contribution < 1.29 is 4.43 Å². The molecule has 0 aromatic heterocycles. The van der Waals surface area contributed by atoms with E-state index < -0.39 is 8.32 Å². The number of allylic oxidation sites excluding steroid dienone is 1. The van der Waals surface area contributed by atoms with Crippen LogP contribution in [0.5, 0.6) is 0 Å². The molecule has 2 aromatic rings. The Balaban J connectivity index is 2.40. The fourth-order valence-corrected chi connectivity index (χ4v) is 8.26. The Morgan fingerprint density at radius 3 is 1.84 bits per heavy atom. The van der Waals surface area contributed by atoms with Crippen molar-refractivity contribution >= 4 is 34.6 Å². The van der Waals surface area contributed by atoms with Crippen LogP contribution in [0.1, 0.15) is 33.6 Å². The molecule has 3 heteroatoms. The van der Waals surface area contributed by atoms with Crippen LogP contribution in [-0.2, 0) is 4.43 Å². The standard InChI is InChI=1S/C22H29BrOSi/c1-19(18-23)12-11-17-24-25(22(2,3)4,20-13-7-5-8-14-20)21-15-9-6-10-16-21/h5-10,13-16H,1,11-12,17-18H2,2-4H3. The van der Waals surface area contributed by atoms with Crippen LogP contribution >= 0.6 is 15.9 Å². The summed E-state index contributed by atoms with van der Waals surface area (Å²) in [6, 6.07) is 21.6. The van der Waals surface area contributed by atoms with Gasteiger partial charge in [-0.05, 0) is 28.3 Å². The molecule has 25 heavy (non-hydrogen) atoms. The Kier molecular flexibility index (Phi) is 7.23. The maximum absolute atomic E-state index is 6.84. The molecule has 0 radical (unpaired) electrons. The van der Waals surface area contributed by atoms with Crippen molar-refractivity contribution in [1.82, 2.24) is 0 Å². The second kappa shape index (κ2) is 8.97. The van der Waals surface area contributed by atoms with Gasteiger partial charge < -0.3 is 4.43 Å². The molecule has 0 N–H and O–H groups in total. The maximum Gasteiger partial charge on any atom is 0.261 e. The Morgan fingerprint density at radius 2 is 1.44 bits per heavy atom. The van der Waals surface area contributed by atoms with Crippen molar-refractivity contribution in [1.29, 1.82) is 0 Å². The van der Waals surface area contributed by atoms with E-state index in [0.717, 1.165) is 24.8 Å². The Bertz CT molecular complexity index is 622. The second-order valence-electron chi connectivity index (χ2n) is 7.50. The summed E-state index contributed by atoms with van der Waals surface area (Å²) in [4.78, 5) is 0. The summed E-state index contributed by atoms with van der Waals surface area (Å²) in [7, 11) is -2.37. The lowest BCUT2D eigenvalue weighted by Gasteiger charge is -2.43. The molecule has 2 rings (SSSR count). The highest BCUT2D eigenvalue weighted by atomic mass is 79.9. The molecule has 134 valence electrons. The van der Waals surface area contributed by atoms with E-state index in [4.69, 9.17) is 4.43 Å². The van der Waals surface area contributed by atoms with Crippen molar-refractivity contribution in [3.05, 3.63) is 72.8 Å². The Hall–Kier alpha value is -1.16. The largest absolute Gasteiger partial charge is 0.407 e. The van der Waals surface area contributed by atoms with Crippen LogP contribution in [0.15, 0.2) is 72.8 Å². The molecule has 1 nitrogen and oxygen atoms in total. The molecule has 2 aromatic carbocycles. The second-order valence-corrected chi connectivity index (χ2v) is 12.4. The molecule has 0 aliphatic carbocycles. The first-order valence-corrected chi connectivity index (χ1v) is 11.9. The highest BCUT2D eigenvalue weighted by Gasteiger charge is 2.49. The van der Waals surface area contributed by atoms with Gasteiger partial charge in [-0.2, -0.15) is 0 Å². The lowest BCUT2D eigenvalue weighted by Crippen LogP contribution is -2.66. The third-order valence-corrected chi connectivity index (χ3v) is 10.4. The number of halogens is 1. The monoisotopic (exact) mass is 416 g/mol. The quantitative estimate of drug-likeness (QED) is 0.245. The average molecular weight is 417 g/mol. The van der Waals surface area contributed by atoms with Gasteiger partial charge in [0.25, 0.3) is 8.32 Å². The molecule has 0 heterocycles. The molecule has 0 fully saturated rings. The van der Waals surface area contributed by atoms with Crippen LogP contribution in [0.3, 0.4) is 0 Å². The molecular formula is C22H29BrOSi. The molecule has 0 unspecified atom stereocenters. The summed E-state index contributed by atoms with van der Waals surface area (Å²) in [5, 5.41) is 3.59. The number of rotatable bonds is 8. The van der Waals surface area contributed by atoms with E-state index in [0.29, 0.717) is 0 Å². The van der Waals surface area contributed by atoms with Crippen LogP contribution in [0.25, 0.3) is 0 Å². The number of hydrogen-bond donors (Lipinski definition) is 0. The molecule has 0 atom stereocenters. The van der Waals surface area contributed by atoms with E-state index in [2.05, 4.69) is 104 Å². The fraction of sp³-hybridized carbons (Fsp3) is 0.364. The Morgan fingerprint density at radius 1 is 0.960 bits per heavy atom. The van der Waals surface area contributed by atoms with Crippen molar-refractivity contribution in [2.75, 3.05) is 11.9 Å². The predicted octanol–water partition coefficient (Wildman–Crippen LogP) is 5.29. The zero-order valence-electron chi connectivity index (χ0n) is 15.6. The number of alkyl halides is 1. The van der Waals surface area contributed by atoms with E-state index in [1.54, 1.807) is 0 Å². The third-order valence-electron chi connectivity index (χ3n) is 4.60. The van der Waals surface area contributed by atoms with E-state index in [-0.39, 0.29) is 5.04 Å². The van der Waals surface area contributed by atoms with Crippen LogP contribution < -0.4 is 10.4 Å². The fourth-order valence-electron chi connectivity index (χ4n) is 3.38. The summed E-state index contributed by atoms with van der Waals surface area (Å²) in [5.41, 5.74) is 1.23. The van der Waals surface area contributed by atoms with E-state index in [1.807, 2.05) is 0 Å². The summed E-state index contributed by atoms with van der Waals surface area (Å²) in [6.07, 6.45) is 2.01. The van der Waals surface area contributed by atoms with Crippen molar-refractivity contribution in [3.8, 4) is 0 Å². The predicted molar refractivity (Wildman–Crippen MR) is 116 cm³/mol. The summed E-state index contributed by atoms with van der Waals surface area (Å²) in [5.74, 6) is 0. The van der Waals surface area contributed by atoms with Crippen LogP contribution in [0, 0.1) is 0 Å². The summed E-state index contributed by atoms with van der Waals surface area (Å²) in [6.45, 7) is 11.8. The van der Waals surface area contributed by atoms with Crippen molar-refractivity contribution in [3.63, 3.8) is 0 Å². The lowest BCUT2D eigenvalue weighted by molar-refractivity contribution is 0.292. The summed E-state index contributed by atoms with van der Waals surface area (Å²) >= 11 is 3.48. The van der Waals surface area contributed by atoms with Gasteiger partial charge >= 0.3 is 0 Å². The first-order chi connectivity index (χ1) is 11.9. The molecule has 0 spiro atoms. The molecule has 0 aliphatic heterocycles. The lowest BCUT2D eigenvalue weighted by atomic mass is 10.2. The van der Waals surface area contributed by atoms with E-state index in [1.165, 1.54) is 15.9 Å². The van der Waals surface area contributed by atoms with Crippen LogP contribution in [-0.4, -0.2) is 20.3 Å². The van der Waals surface area contributed by atoms with Gasteiger partial charge in [0.15, 0.2) is 0 Å². The normalized spacial score (nSPS) is 12.2. The van der Waals surface area contributed by atoms with Crippen molar-refractivity contribution in [2.24, 2.45) is 0 Å². The van der Waals surface area contributed by atoms with Gasteiger partial charge in [0, 0.05) is 11.9 Å². The molecule has 0 saturated carbocycles. The molecular weight excluding hydrogens is 388 g/mol. The summed E-state index contributed by atoms with van der Waals surface area (Å²) < 4.78 is 6.84. The van der Waals surface area contributed by atoms with Crippen molar-refractivity contribution in [2.45, 2.75) is 38.7 Å². The highest BCUT2D eigenvalue weighted by Crippen LogP contribution is 2.36. The zero-order valence-corrected chi connectivity index (χ0v) is 18.2. The smallest absolute Gasteiger partial charge is 0.261 e. The van der Waals surface area contributed by atoms with Gasteiger partial charge in [-0.3, -0.25) is 0 Å². The molecule has 0 bridgehead atoms. The van der Waals surface area contributed by atoms with Gasteiger partial charge in [0.1, 0.15) is 0 Å². The first kappa shape index (κ1) is 20.2. The van der Waals surface area contributed by atoms with Gasteiger partial charge in [-0.1, -0.05) is 110 Å². The van der Waals surface area contributed by atoms with Crippen LogP contribution in [0.4, 0.5) is 0 Å². The number of hydrogen-bond acceptors (Lipinski definition) is 1. The topological polar surface area (TPSA) is 9.23 Å². The molecule has 0 amide bonds. The van der Waals surface area contributed by atoms with Gasteiger partial charge in [0.05, 0.1) is 0 Å². The maximum atomic E-state index is 6.84. The van der Waals surface area contributed by atoms with Gasteiger partial charge in [-0.25, -0.2) is 0 Å². The zero-order chi connectivity index (χ0) is 18.3. The van der Waals surface area contributed by atoms with E-state index in [9.17, 15) is 0 Å². The van der Waals surface area contributed by atoms with Gasteiger partial charge in [0.2, 0.25) is 0 Å². The van der Waals surface area contributed by atoms with Crippen LogP contribution in [0.2, 0.25) is 5.04 Å². The average Bonchev–Trinajstić information content (AvgIpc) is 2.62. The minimum absolute atomic E-state index is 0.0438. The third kappa shape index (κ3) is 4.72. The SMILES string of the molecule is C=C(CBr)CCCO[Si](c1ccccc1)(c1ccccc1)C(C)(C)C. The molecule has 0 aliphatic rings.